The maximum atomic E-state index is 13.5. The van der Waals surface area contributed by atoms with Gasteiger partial charge < -0.3 is 5.32 Å². The zero-order valence-corrected chi connectivity index (χ0v) is 18.8. The molecule has 0 unspecified atom stereocenters. The quantitative estimate of drug-likeness (QED) is 0.473. The molecular weight excluding hydrogens is 431 g/mol. The highest BCUT2D eigenvalue weighted by Crippen LogP contribution is 2.36. The molecule has 0 fully saturated rings. The van der Waals surface area contributed by atoms with Gasteiger partial charge in [0.05, 0.1) is 11.3 Å². The molecule has 0 spiro atoms. The summed E-state index contributed by atoms with van der Waals surface area (Å²) in [5.41, 5.74) is 5.08. The van der Waals surface area contributed by atoms with Crippen LogP contribution in [0.5, 0.6) is 0 Å². The third kappa shape index (κ3) is 3.97. The number of amides is 2. The number of carbonyl (C=O) groups is 2. The van der Waals surface area contributed by atoms with Crippen molar-refractivity contribution in [1.82, 2.24) is 0 Å². The summed E-state index contributed by atoms with van der Waals surface area (Å²) in [6, 6.07) is 18.0. The predicted molar refractivity (Wildman–Crippen MR) is 127 cm³/mol. The molecule has 2 amide bonds. The molecule has 3 aromatic rings. The first-order valence-corrected chi connectivity index (χ1v) is 10.5. The van der Waals surface area contributed by atoms with E-state index in [1.54, 1.807) is 36.4 Å². The van der Waals surface area contributed by atoms with E-state index in [0.717, 1.165) is 16.7 Å². The molecule has 4 nitrogen and oxygen atoms in total. The van der Waals surface area contributed by atoms with Crippen LogP contribution in [-0.2, 0) is 9.59 Å². The Balaban J connectivity index is 1.87. The van der Waals surface area contributed by atoms with Gasteiger partial charge in [-0.05, 0) is 67.8 Å². The van der Waals surface area contributed by atoms with Gasteiger partial charge in [0.15, 0.2) is 0 Å². The highest BCUT2D eigenvalue weighted by molar-refractivity contribution is 6.46. The summed E-state index contributed by atoms with van der Waals surface area (Å²) < 4.78 is 0. The van der Waals surface area contributed by atoms with E-state index in [1.807, 2.05) is 45.0 Å². The lowest BCUT2D eigenvalue weighted by molar-refractivity contribution is -0.120. The van der Waals surface area contributed by atoms with Crippen LogP contribution >= 0.6 is 23.2 Å². The van der Waals surface area contributed by atoms with Gasteiger partial charge in [0.1, 0.15) is 5.70 Å². The first kappa shape index (κ1) is 21.2. The highest BCUT2D eigenvalue weighted by atomic mass is 35.5. The van der Waals surface area contributed by atoms with Crippen LogP contribution in [0.3, 0.4) is 0 Å². The average Bonchev–Trinajstić information content (AvgIpc) is 2.96. The molecule has 156 valence electrons. The minimum absolute atomic E-state index is 0.221. The first-order valence-electron chi connectivity index (χ1n) is 9.75. The van der Waals surface area contributed by atoms with E-state index in [0.29, 0.717) is 32.6 Å². The maximum absolute atomic E-state index is 13.5. The second kappa shape index (κ2) is 8.22. The van der Waals surface area contributed by atoms with Crippen molar-refractivity contribution in [2.75, 3.05) is 10.2 Å². The topological polar surface area (TPSA) is 49.4 Å². The van der Waals surface area contributed by atoms with Crippen LogP contribution in [-0.4, -0.2) is 11.8 Å². The molecule has 1 aliphatic rings. The van der Waals surface area contributed by atoms with Gasteiger partial charge in [0.2, 0.25) is 0 Å². The summed E-state index contributed by atoms with van der Waals surface area (Å²) in [6.45, 7) is 5.70. The number of rotatable bonds is 4. The second-order valence-corrected chi connectivity index (χ2v) is 8.45. The Labute approximate surface area is 191 Å². The van der Waals surface area contributed by atoms with E-state index >= 15 is 0 Å². The van der Waals surface area contributed by atoms with Gasteiger partial charge >= 0.3 is 0 Å². The van der Waals surface area contributed by atoms with Crippen LogP contribution in [0, 0.1) is 20.8 Å². The lowest BCUT2D eigenvalue weighted by Crippen LogP contribution is -2.33. The molecule has 0 aromatic heterocycles. The molecule has 1 heterocycles. The molecule has 0 radical (unpaired) electrons. The van der Waals surface area contributed by atoms with Gasteiger partial charge in [-0.2, -0.15) is 0 Å². The SMILES string of the molecule is Cc1ccc(C2=C(Nc3ccc(Cl)cc3C)C(=O)N(c3cc(Cl)ccc3C)C2=O)cc1. The lowest BCUT2D eigenvalue weighted by atomic mass is 10.0. The van der Waals surface area contributed by atoms with E-state index in [4.69, 9.17) is 23.2 Å². The number of halogens is 2. The number of anilines is 2. The summed E-state index contributed by atoms with van der Waals surface area (Å²) >= 11 is 12.3. The molecule has 6 heteroatoms. The van der Waals surface area contributed by atoms with Crippen LogP contribution < -0.4 is 10.2 Å². The predicted octanol–water partition coefficient (Wildman–Crippen LogP) is 6.32. The number of carbonyl (C=O) groups excluding carboxylic acids is 2. The number of nitrogens with zero attached hydrogens (tertiary/aromatic N) is 1. The van der Waals surface area contributed by atoms with Crippen LogP contribution in [0.1, 0.15) is 22.3 Å². The molecular formula is C25H20Cl2N2O2. The third-order valence-corrected chi connectivity index (χ3v) is 5.75. The standard InChI is InChI=1S/C25H20Cl2N2O2/c1-14-4-7-17(8-5-14)22-23(28-20-11-10-18(26)12-16(20)3)25(31)29(24(22)30)21-13-19(27)9-6-15(21)2/h4-13,28H,1-3H3. The van der Waals surface area contributed by atoms with E-state index in [2.05, 4.69) is 5.32 Å². The molecule has 31 heavy (non-hydrogen) atoms. The normalized spacial score (nSPS) is 13.9. The Morgan fingerprint density at radius 3 is 2.06 bits per heavy atom. The van der Waals surface area contributed by atoms with Gasteiger partial charge in [0.25, 0.3) is 11.8 Å². The smallest absolute Gasteiger partial charge is 0.282 e. The fourth-order valence-corrected chi connectivity index (χ4v) is 3.97. The fourth-order valence-electron chi connectivity index (χ4n) is 3.58. The summed E-state index contributed by atoms with van der Waals surface area (Å²) in [5.74, 6) is -0.825. The van der Waals surface area contributed by atoms with Gasteiger partial charge in [-0.15, -0.1) is 0 Å². The van der Waals surface area contributed by atoms with Crippen LogP contribution in [0.25, 0.3) is 5.57 Å². The largest absolute Gasteiger partial charge is 0.350 e. The number of hydrogen-bond acceptors (Lipinski definition) is 3. The van der Waals surface area contributed by atoms with Gasteiger partial charge in [-0.1, -0.05) is 59.1 Å². The monoisotopic (exact) mass is 450 g/mol. The third-order valence-electron chi connectivity index (χ3n) is 5.28. The van der Waals surface area contributed by atoms with E-state index in [9.17, 15) is 9.59 Å². The number of aryl methyl sites for hydroxylation is 3. The first-order chi connectivity index (χ1) is 14.8. The van der Waals surface area contributed by atoms with E-state index < -0.39 is 11.8 Å². The Hall–Kier alpha value is -3.08. The van der Waals surface area contributed by atoms with E-state index in [1.165, 1.54) is 4.90 Å². The Kier molecular flexibility index (Phi) is 5.61. The molecule has 0 saturated heterocycles. The van der Waals surface area contributed by atoms with Crippen molar-refractivity contribution in [1.29, 1.82) is 0 Å². The maximum Gasteiger partial charge on any atom is 0.282 e. The van der Waals surface area contributed by atoms with Crippen molar-refractivity contribution < 1.29 is 9.59 Å². The Bertz CT molecular complexity index is 1250. The van der Waals surface area contributed by atoms with E-state index in [-0.39, 0.29) is 5.70 Å². The number of benzene rings is 3. The molecule has 0 aliphatic carbocycles. The average molecular weight is 451 g/mol. The van der Waals surface area contributed by atoms with Crippen molar-refractivity contribution in [2.24, 2.45) is 0 Å². The molecule has 4 rings (SSSR count). The molecule has 1 N–H and O–H groups in total. The van der Waals surface area contributed by atoms with Crippen molar-refractivity contribution in [3.8, 4) is 0 Å². The van der Waals surface area contributed by atoms with Crippen molar-refractivity contribution in [2.45, 2.75) is 20.8 Å². The molecule has 0 atom stereocenters. The van der Waals surface area contributed by atoms with Crippen molar-refractivity contribution in [3.63, 3.8) is 0 Å². The zero-order chi connectivity index (χ0) is 22.3. The summed E-state index contributed by atoms with van der Waals surface area (Å²) in [5, 5.41) is 4.24. The zero-order valence-electron chi connectivity index (χ0n) is 17.3. The van der Waals surface area contributed by atoms with Gasteiger partial charge in [-0.25, -0.2) is 4.90 Å². The highest BCUT2D eigenvalue weighted by Gasteiger charge is 2.41. The second-order valence-electron chi connectivity index (χ2n) is 7.58. The van der Waals surface area contributed by atoms with Gasteiger partial charge in [-0.3, -0.25) is 9.59 Å². The Morgan fingerprint density at radius 2 is 1.39 bits per heavy atom. The minimum Gasteiger partial charge on any atom is -0.350 e. The molecule has 1 aliphatic heterocycles. The van der Waals surface area contributed by atoms with Crippen LogP contribution in [0.15, 0.2) is 66.4 Å². The van der Waals surface area contributed by atoms with Crippen LogP contribution in [0.4, 0.5) is 11.4 Å². The van der Waals surface area contributed by atoms with Crippen molar-refractivity contribution >= 4 is 52.0 Å². The fraction of sp³-hybridized carbons (Fsp3) is 0.120. The molecule has 3 aromatic carbocycles. The minimum atomic E-state index is -0.430. The lowest BCUT2D eigenvalue weighted by Gasteiger charge is -2.18. The van der Waals surface area contributed by atoms with Crippen LogP contribution in [0.2, 0.25) is 10.0 Å². The summed E-state index contributed by atoms with van der Waals surface area (Å²) in [6.07, 6.45) is 0. The Morgan fingerprint density at radius 1 is 0.742 bits per heavy atom. The number of nitrogens with one attached hydrogen (secondary N) is 1. The van der Waals surface area contributed by atoms with Crippen molar-refractivity contribution in [3.05, 3.63) is 98.7 Å². The molecule has 0 saturated carbocycles. The summed E-state index contributed by atoms with van der Waals surface area (Å²) in [4.78, 5) is 28.3. The molecule has 0 bridgehead atoms. The number of hydrogen-bond donors (Lipinski definition) is 1. The van der Waals surface area contributed by atoms with Gasteiger partial charge in [0, 0.05) is 15.7 Å². The number of imide groups is 1. The summed E-state index contributed by atoms with van der Waals surface area (Å²) in [7, 11) is 0.